The van der Waals surface area contributed by atoms with Gasteiger partial charge < -0.3 is 10.6 Å². The first kappa shape index (κ1) is 14.6. The molecule has 20 heavy (non-hydrogen) atoms. The highest BCUT2D eigenvalue weighted by Crippen LogP contribution is 2.27. The molecule has 2 aromatic carbocycles. The van der Waals surface area contributed by atoms with E-state index in [0.29, 0.717) is 5.56 Å². The van der Waals surface area contributed by atoms with Gasteiger partial charge in [0.15, 0.2) is 0 Å². The molecule has 2 aromatic rings. The van der Waals surface area contributed by atoms with E-state index in [-0.39, 0.29) is 5.91 Å². The molecule has 0 bridgehead atoms. The number of amides is 1. The van der Waals surface area contributed by atoms with Crippen LogP contribution in [0.5, 0.6) is 0 Å². The molecule has 3 nitrogen and oxygen atoms in total. The Morgan fingerprint density at radius 3 is 2.55 bits per heavy atom. The molecule has 0 unspecified atom stereocenters. The summed E-state index contributed by atoms with van der Waals surface area (Å²) in [5, 5.41) is 5.99. The molecule has 0 saturated carbocycles. The first-order chi connectivity index (χ1) is 9.52. The Bertz CT molecular complexity index is 653. The maximum Gasteiger partial charge on any atom is 0.257 e. The third-order valence-corrected chi connectivity index (χ3v) is 4.18. The summed E-state index contributed by atoms with van der Waals surface area (Å²) in [5.74, 6) is -0.124. The van der Waals surface area contributed by atoms with E-state index in [1.165, 1.54) is 0 Å². The Kier molecular flexibility index (Phi) is 4.45. The molecule has 0 spiro atoms. The van der Waals surface area contributed by atoms with Gasteiger partial charge in [-0.3, -0.25) is 4.79 Å². The van der Waals surface area contributed by atoms with Crippen LogP contribution in [0.3, 0.4) is 0 Å². The molecule has 0 aliphatic rings. The normalized spacial score (nSPS) is 10.2. The minimum Gasteiger partial charge on any atom is -0.387 e. The fraction of sp³-hybridized carbons (Fsp3) is 0.188. The number of halogens is 1. The number of anilines is 2. The predicted molar refractivity (Wildman–Crippen MR) is 87.6 cm³/mol. The Morgan fingerprint density at radius 2 is 1.85 bits per heavy atom. The van der Waals surface area contributed by atoms with Gasteiger partial charge in [-0.25, -0.2) is 0 Å². The molecular formula is C16H17BrN2O. The Balaban J connectivity index is 2.31. The summed E-state index contributed by atoms with van der Waals surface area (Å²) >= 11 is 3.50. The van der Waals surface area contributed by atoms with Crippen LogP contribution in [0, 0.1) is 13.8 Å². The van der Waals surface area contributed by atoms with Gasteiger partial charge in [-0.2, -0.15) is 0 Å². The minimum absolute atomic E-state index is 0.124. The summed E-state index contributed by atoms with van der Waals surface area (Å²) in [4.78, 5) is 12.4. The van der Waals surface area contributed by atoms with E-state index in [2.05, 4.69) is 26.6 Å². The molecule has 0 aromatic heterocycles. The lowest BCUT2D eigenvalue weighted by atomic mass is 10.1. The maximum absolute atomic E-state index is 12.4. The number of hydrogen-bond donors (Lipinski definition) is 2. The van der Waals surface area contributed by atoms with Crippen molar-refractivity contribution in [3.05, 3.63) is 57.6 Å². The summed E-state index contributed by atoms with van der Waals surface area (Å²) in [6, 6.07) is 11.5. The molecule has 2 rings (SSSR count). The van der Waals surface area contributed by atoms with Crippen LogP contribution in [-0.2, 0) is 0 Å². The van der Waals surface area contributed by atoms with E-state index in [9.17, 15) is 4.79 Å². The van der Waals surface area contributed by atoms with E-state index in [1.54, 1.807) is 0 Å². The second-order valence-corrected chi connectivity index (χ2v) is 5.48. The number of nitrogens with one attached hydrogen (secondary N) is 2. The second-order valence-electron chi connectivity index (χ2n) is 4.69. The molecule has 0 radical (unpaired) electrons. The molecule has 0 heterocycles. The summed E-state index contributed by atoms with van der Waals surface area (Å²) in [5.41, 5.74) is 4.43. The zero-order valence-electron chi connectivity index (χ0n) is 11.8. The summed E-state index contributed by atoms with van der Waals surface area (Å²) in [6.07, 6.45) is 0. The first-order valence-electron chi connectivity index (χ1n) is 6.38. The van der Waals surface area contributed by atoms with Crippen LogP contribution in [0.15, 0.2) is 40.9 Å². The molecule has 0 aliphatic heterocycles. The Morgan fingerprint density at radius 1 is 1.10 bits per heavy atom. The molecule has 0 atom stereocenters. The fourth-order valence-electron chi connectivity index (χ4n) is 2.00. The highest BCUT2D eigenvalue weighted by molar-refractivity contribution is 9.10. The van der Waals surface area contributed by atoms with Crippen molar-refractivity contribution in [2.24, 2.45) is 0 Å². The van der Waals surface area contributed by atoms with Gasteiger partial charge in [-0.05, 0) is 59.1 Å². The molecule has 0 saturated heterocycles. The van der Waals surface area contributed by atoms with Crippen LogP contribution in [0.4, 0.5) is 11.4 Å². The van der Waals surface area contributed by atoms with Crippen molar-refractivity contribution in [2.75, 3.05) is 17.7 Å². The van der Waals surface area contributed by atoms with Crippen molar-refractivity contribution < 1.29 is 4.79 Å². The zero-order valence-corrected chi connectivity index (χ0v) is 13.3. The number of carbonyl (C=O) groups excluding carboxylic acids is 1. The summed E-state index contributed by atoms with van der Waals surface area (Å²) in [7, 11) is 1.81. The SMILES string of the molecule is CNc1cc(C)ccc1C(=O)Nc1cccc(C)c1Br. The number of benzene rings is 2. The lowest BCUT2D eigenvalue weighted by Crippen LogP contribution is -2.14. The fourth-order valence-corrected chi connectivity index (χ4v) is 2.36. The van der Waals surface area contributed by atoms with Crippen LogP contribution in [-0.4, -0.2) is 13.0 Å². The topological polar surface area (TPSA) is 41.1 Å². The van der Waals surface area contributed by atoms with Gasteiger partial charge in [-0.1, -0.05) is 18.2 Å². The van der Waals surface area contributed by atoms with E-state index < -0.39 is 0 Å². The third kappa shape index (κ3) is 3.02. The molecule has 2 N–H and O–H groups in total. The quantitative estimate of drug-likeness (QED) is 0.876. The largest absolute Gasteiger partial charge is 0.387 e. The van der Waals surface area contributed by atoms with Crippen molar-refractivity contribution in [1.29, 1.82) is 0 Å². The number of carbonyl (C=O) groups is 1. The molecule has 4 heteroatoms. The van der Waals surface area contributed by atoms with Gasteiger partial charge in [0.1, 0.15) is 0 Å². The number of hydrogen-bond acceptors (Lipinski definition) is 2. The van der Waals surface area contributed by atoms with Crippen molar-refractivity contribution in [2.45, 2.75) is 13.8 Å². The maximum atomic E-state index is 12.4. The molecule has 0 fully saturated rings. The Labute approximate surface area is 127 Å². The highest BCUT2D eigenvalue weighted by Gasteiger charge is 2.12. The average molecular weight is 333 g/mol. The van der Waals surface area contributed by atoms with Crippen LogP contribution in [0.2, 0.25) is 0 Å². The minimum atomic E-state index is -0.124. The number of aryl methyl sites for hydroxylation is 2. The van der Waals surface area contributed by atoms with Crippen molar-refractivity contribution in [3.8, 4) is 0 Å². The molecule has 1 amide bonds. The van der Waals surface area contributed by atoms with E-state index in [0.717, 1.165) is 27.0 Å². The number of rotatable bonds is 3. The lowest BCUT2D eigenvalue weighted by molar-refractivity contribution is 0.102. The van der Waals surface area contributed by atoms with Gasteiger partial charge in [0.2, 0.25) is 0 Å². The summed E-state index contributed by atoms with van der Waals surface area (Å²) < 4.78 is 0.909. The van der Waals surface area contributed by atoms with Crippen molar-refractivity contribution in [3.63, 3.8) is 0 Å². The van der Waals surface area contributed by atoms with Gasteiger partial charge in [0.25, 0.3) is 5.91 Å². The average Bonchev–Trinajstić information content (AvgIpc) is 2.43. The molecule has 0 aliphatic carbocycles. The smallest absolute Gasteiger partial charge is 0.257 e. The predicted octanol–water partition coefficient (Wildman–Crippen LogP) is 4.36. The Hall–Kier alpha value is -1.81. The molecular weight excluding hydrogens is 316 g/mol. The van der Waals surface area contributed by atoms with Crippen LogP contribution < -0.4 is 10.6 Å². The highest BCUT2D eigenvalue weighted by atomic mass is 79.9. The van der Waals surface area contributed by atoms with E-state index in [4.69, 9.17) is 0 Å². The molecule has 104 valence electrons. The van der Waals surface area contributed by atoms with Crippen molar-refractivity contribution >= 4 is 33.2 Å². The standard InChI is InChI=1S/C16H17BrN2O/c1-10-7-8-12(14(9-10)18-3)16(20)19-13-6-4-5-11(2)15(13)17/h4-9,18H,1-3H3,(H,19,20). The first-order valence-corrected chi connectivity index (χ1v) is 7.17. The van der Waals surface area contributed by atoms with Crippen molar-refractivity contribution in [1.82, 2.24) is 0 Å². The van der Waals surface area contributed by atoms with E-state index >= 15 is 0 Å². The van der Waals surface area contributed by atoms with Gasteiger partial charge in [0, 0.05) is 17.2 Å². The van der Waals surface area contributed by atoms with Gasteiger partial charge in [-0.15, -0.1) is 0 Å². The van der Waals surface area contributed by atoms with Crippen LogP contribution in [0.1, 0.15) is 21.5 Å². The van der Waals surface area contributed by atoms with Crippen LogP contribution >= 0.6 is 15.9 Å². The van der Waals surface area contributed by atoms with Gasteiger partial charge >= 0.3 is 0 Å². The second kappa shape index (κ2) is 6.09. The zero-order chi connectivity index (χ0) is 14.7. The van der Waals surface area contributed by atoms with Gasteiger partial charge in [0.05, 0.1) is 11.3 Å². The monoisotopic (exact) mass is 332 g/mol. The van der Waals surface area contributed by atoms with E-state index in [1.807, 2.05) is 57.3 Å². The lowest BCUT2D eigenvalue weighted by Gasteiger charge is -2.12. The van der Waals surface area contributed by atoms with Crippen LogP contribution in [0.25, 0.3) is 0 Å². The summed E-state index contributed by atoms with van der Waals surface area (Å²) in [6.45, 7) is 3.99. The third-order valence-electron chi connectivity index (χ3n) is 3.13.